The number of fused-ring (bicyclic) bond motifs is 1. The monoisotopic (exact) mass is 453 g/mol. The molecule has 0 spiro atoms. The zero-order valence-corrected chi connectivity index (χ0v) is 19.4. The number of aromatic nitrogens is 1. The van der Waals surface area contributed by atoms with Gasteiger partial charge < -0.3 is 15.8 Å². The second kappa shape index (κ2) is 11.3. The van der Waals surface area contributed by atoms with Crippen molar-refractivity contribution in [3.8, 4) is 11.6 Å². The molecular formula is C26H32ClN3O2. The molecule has 0 unspecified atom stereocenters. The van der Waals surface area contributed by atoms with E-state index in [0.29, 0.717) is 17.5 Å². The maximum absolute atomic E-state index is 11.2. The minimum Gasteiger partial charge on any atom is -0.438 e. The van der Waals surface area contributed by atoms with Gasteiger partial charge in [0.05, 0.1) is 5.56 Å². The van der Waals surface area contributed by atoms with Crippen LogP contribution < -0.4 is 15.8 Å². The average Bonchev–Trinajstić information content (AvgIpc) is 2.80. The molecule has 0 saturated heterocycles. The van der Waals surface area contributed by atoms with Crippen molar-refractivity contribution < 1.29 is 9.53 Å². The van der Waals surface area contributed by atoms with E-state index in [0.717, 1.165) is 23.6 Å². The molecule has 6 heteroatoms. The van der Waals surface area contributed by atoms with E-state index in [1.54, 1.807) is 12.1 Å². The van der Waals surface area contributed by atoms with Crippen LogP contribution in [0.3, 0.4) is 0 Å². The van der Waals surface area contributed by atoms with E-state index in [1.165, 1.54) is 55.7 Å². The summed E-state index contributed by atoms with van der Waals surface area (Å²) in [5.41, 5.74) is 6.92. The zero-order chi connectivity index (χ0) is 21.6. The average molecular weight is 454 g/mol. The molecule has 4 rings (SSSR count). The van der Waals surface area contributed by atoms with Crippen molar-refractivity contribution in [3.63, 3.8) is 0 Å². The molecule has 0 bridgehead atoms. The van der Waals surface area contributed by atoms with E-state index in [-0.39, 0.29) is 12.4 Å². The molecule has 1 saturated carbocycles. The van der Waals surface area contributed by atoms with Gasteiger partial charge in [-0.15, -0.1) is 12.4 Å². The molecule has 1 aromatic heterocycles. The second-order valence-electron chi connectivity index (χ2n) is 8.51. The zero-order valence-electron chi connectivity index (χ0n) is 18.5. The highest BCUT2D eigenvalue weighted by Crippen LogP contribution is 2.32. The standard InChI is InChI=1S/C26H31N3O2.ClH/c1-2-5-18-8-12-21(13-9-18)28-16-19-10-14-24(23-7-4-3-6-22(19)23)31-25-15-11-20(17-29-25)26(27)30;/h3-4,6-7,10-11,14-15,17-18,21,28H,2,5,8-9,12-13,16H2,1H3,(H2,27,30);1H. The first-order valence-electron chi connectivity index (χ1n) is 11.3. The maximum atomic E-state index is 11.2. The SMILES string of the molecule is CCCC1CCC(NCc2ccc(Oc3ccc(C(N)=O)cn3)c3ccccc23)CC1.Cl. The number of nitrogens with zero attached hydrogens (tertiary/aromatic N) is 1. The van der Waals surface area contributed by atoms with Crippen LogP contribution in [0.1, 0.15) is 61.4 Å². The Kier molecular flexibility index (Phi) is 8.48. The summed E-state index contributed by atoms with van der Waals surface area (Å²) in [4.78, 5) is 15.4. The molecule has 2 aromatic carbocycles. The highest BCUT2D eigenvalue weighted by Gasteiger charge is 2.20. The van der Waals surface area contributed by atoms with E-state index < -0.39 is 5.91 Å². The van der Waals surface area contributed by atoms with Crippen LogP contribution in [0.2, 0.25) is 0 Å². The number of halogens is 1. The van der Waals surface area contributed by atoms with Gasteiger partial charge in [-0.25, -0.2) is 4.98 Å². The van der Waals surface area contributed by atoms with Crippen LogP contribution in [0, 0.1) is 5.92 Å². The Morgan fingerprint density at radius 2 is 1.81 bits per heavy atom. The summed E-state index contributed by atoms with van der Waals surface area (Å²) in [6.07, 6.45) is 9.36. The Balaban J connectivity index is 0.00000289. The van der Waals surface area contributed by atoms with Crippen molar-refractivity contribution in [1.29, 1.82) is 0 Å². The normalized spacial score (nSPS) is 18.2. The molecule has 0 atom stereocenters. The van der Waals surface area contributed by atoms with Crippen LogP contribution in [0.5, 0.6) is 11.6 Å². The molecule has 1 amide bonds. The molecule has 0 radical (unpaired) electrons. The lowest BCUT2D eigenvalue weighted by molar-refractivity contribution is 0.1000. The first kappa shape index (κ1) is 24.0. The molecular weight excluding hydrogens is 422 g/mol. The second-order valence-corrected chi connectivity index (χ2v) is 8.51. The molecule has 1 heterocycles. The van der Waals surface area contributed by atoms with Crippen LogP contribution in [0.25, 0.3) is 10.8 Å². The predicted molar refractivity (Wildman–Crippen MR) is 132 cm³/mol. The molecule has 5 nitrogen and oxygen atoms in total. The number of hydrogen-bond donors (Lipinski definition) is 2. The fourth-order valence-corrected chi connectivity index (χ4v) is 4.59. The third-order valence-corrected chi connectivity index (χ3v) is 6.33. The number of pyridine rings is 1. The third kappa shape index (κ3) is 5.78. The van der Waals surface area contributed by atoms with Gasteiger partial charge in [-0.05, 0) is 54.7 Å². The number of benzene rings is 2. The Labute approximate surface area is 196 Å². The summed E-state index contributed by atoms with van der Waals surface area (Å²) in [6.45, 7) is 3.14. The smallest absolute Gasteiger partial charge is 0.250 e. The molecule has 1 fully saturated rings. The van der Waals surface area contributed by atoms with E-state index in [4.69, 9.17) is 10.5 Å². The number of primary amides is 1. The maximum Gasteiger partial charge on any atom is 0.250 e. The predicted octanol–water partition coefficient (Wildman–Crippen LogP) is 6.00. The largest absolute Gasteiger partial charge is 0.438 e. The first-order valence-corrected chi connectivity index (χ1v) is 11.3. The third-order valence-electron chi connectivity index (χ3n) is 6.33. The topological polar surface area (TPSA) is 77.2 Å². The molecule has 3 N–H and O–H groups in total. The quantitative estimate of drug-likeness (QED) is 0.438. The lowest BCUT2D eigenvalue weighted by Gasteiger charge is -2.29. The number of hydrogen-bond acceptors (Lipinski definition) is 4. The Morgan fingerprint density at radius 3 is 2.47 bits per heavy atom. The van der Waals surface area contributed by atoms with Crippen molar-refractivity contribution in [1.82, 2.24) is 10.3 Å². The van der Waals surface area contributed by atoms with Gasteiger partial charge in [0.15, 0.2) is 0 Å². The number of amides is 1. The van der Waals surface area contributed by atoms with Crippen molar-refractivity contribution >= 4 is 29.1 Å². The van der Waals surface area contributed by atoms with Gasteiger partial charge in [0, 0.05) is 30.2 Å². The van der Waals surface area contributed by atoms with Gasteiger partial charge >= 0.3 is 0 Å². The van der Waals surface area contributed by atoms with E-state index in [2.05, 4.69) is 41.5 Å². The lowest BCUT2D eigenvalue weighted by Crippen LogP contribution is -2.32. The molecule has 32 heavy (non-hydrogen) atoms. The highest BCUT2D eigenvalue weighted by atomic mass is 35.5. The number of nitrogens with one attached hydrogen (secondary N) is 1. The van der Waals surface area contributed by atoms with Crippen LogP contribution >= 0.6 is 12.4 Å². The van der Waals surface area contributed by atoms with Gasteiger partial charge in [-0.3, -0.25) is 4.79 Å². The number of rotatable bonds is 8. The van der Waals surface area contributed by atoms with Crippen molar-refractivity contribution in [2.45, 2.75) is 58.0 Å². The van der Waals surface area contributed by atoms with Crippen LogP contribution in [-0.4, -0.2) is 16.9 Å². The Hall–Kier alpha value is -2.63. The summed E-state index contributed by atoms with van der Waals surface area (Å²) in [5.74, 6) is 1.61. The molecule has 0 aliphatic heterocycles. The van der Waals surface area contributed by atoms with Crippen LogP contribution in [0.15, 0.2) is 54.7 Å². The number of nitrogens with two attached hydrogens (primary N) is 1. The fraction of sp³-hybridized carbons (Fsp3) is 0.385. The number of ether oxygens (including phenoxy) is 1. The minimum absolute atomic E-state index is 0. The van der Waals surface area contributed by atoms with Gasteiger partial charge in [0.1, 0.15) is 5.75 Å². The fourth-order valence-electron chi connectivity index (χ4n) is 4.59. The van der Waals surface area contributed by atoms with Crippen molar-refractivity contribution in [2.24, 2.45) is 11.7 Å². The summed E-state index contributed by atoms with van der Waals surface area (Å²) in [6, 6.07) is 16.3. The van der Waals surface area contributed by atoms with Crippen LogP contribution in [0.4, 0.5) is 0 Å². The Bertz CT molecular complexity index is 1030. The van der Waals surface area contributed by atoms with Gasteiger partial charge in [0.25, 0.3) is 0 Å². The molecule has 1 aliphatic carbocycles. The molecule has 1 aliphatic rings. The number of carbonyl (C=O) groups is 1. The summed E-state index contributed by atoms with van der Waals surface area (Å²) >= 11 is 0. The van der Waals surface area contributed by atoms with Crippen molar-refractivity contribution in [3.05, 3.63) is 65.9 Å². The van der Waals surface area contributed by atoms with Gasteiger partial charge in [-0.1, -0.05) is 50.1 Å². The summed E-state index contributed by atoms with van der Waals surface area (Å²) < 4.78 is 6.03. The van der Waals surface area contributed by atoms with Gasteiger partial charge in [-0.2, -0.15) is 0 Å². The summed E-state index contributed by atoms with van der Waals surface area (Å²) in [5, 5.41) is 6.01. The van der Waals surface area contributed by atoms with E-state index in [9.17, 15) is 4.79 Å². The van der Waals surface area contributed by atoms with E-state index >= 15 is 0 Å². The minimum atomic E-state index is -0.500. The van der Waals surface area contributed by atoms with Gasteiger partial charge in [0.2, 0.25) is 11.8 Å². The lowest BCUT2D eigenvalue weighted by atomic mass is 9.83. The van der Waals surface area contributed by atoms with Crippen LogP contribution in [-0.2, 0) is 6.54 Å². The summed E-state index contributed by atoms with van der Waals surface area (Å²) in [7, 11) is 0. The number of carbonyl (C=O) groups excluding carboxylic acids is 1. The van der Waals surface area contributed by atoms with E-state index in [1.807, 2.05) is 12.1 Å². The Morgan fingerprint density at radius 1 is 1.06 bits per heavy atom. The highest BCUT2D eigenvalue weighted by molar-refractivity contribution is 5.92. The molecule has 170 valence electrons. The first-order chi connectivity index (χ1) is 15.1. The van der Waals surface area contributed by atoms with Crippen molar-refractivity contribution in [2.75, 3.05) is 0 Å². The molecule has 3 aromatic rings.